The highest BCUT2D eigenvalue weighted by Crippen LogP contribution is 2.28. The van der Waals surface area contributed by atoms with Gasteiger partial charge < -0.3 is 9.15 Å². The van der Waals surface area contributed by atoms with Crippen LogP contribution in [0.5, 0.6) is 5.75 Å². The third-order valence-electron chi connectivity index (χ3n) is 2.29. The van der Waals surface area contributed by atoms with E-state index in [1.165, 1.54) is 12.1 Å². The van der Waals surface area contributed by atoms with Crippen LogP contribution in [0.15, 0.2) is 34.7 Å². The summed E-state index contributed by atoms with van der Waals surface area (Å²) in [6.07, 6.45) is 0.522. The number of nitro groups is 1. The Morgan fingerprint density at radius 3 is 2.79 bits per heavy atom. The molecule has 6 nitrogen and oxygen atoms in total. The van der Waals surface area contributed by atoms with Crippen LogP contribution in [0.25, 0.3) is 0 Å². The number of carbonyl (C=O) groups excluding carboxylic acids is 1. The lowest BCUT2D eigenvalue weighted by Crippen LogP contribution is -1.99. The number of furan rings is 1. The Labute approximate surface area is 106 Å². The summed E-state index contributed by atoms with van der Waals surface area (Å²) in [7, 11) is 0. The summed E-state index contributed by atoms with van der Waals surface area (Å²) in [5, 5.41) is 10.7. The number of halogens is 1. The molecule has 0 amide bonds. The Morgan fingerprint density at radius 2 is 2.16 bits per heavy atom. The fraction of sp³-hybridized carbons (Fsp3) is 0.0833. The zero-order valence-corrected chi connectivity index (χ0v) is 9.54. The van der Waals surface area contributed by atoms with E-state index in [-0.39, 0.29) is 23.8 Å². The van der Waals surface area contributed by atoms with E-state index in [1.807, 2.05) is 0 Å². The van der Waals surface area contributed by atoms with Crippen molar-refractivity contribution in [1.82, 2.24) is 0 Å². The summed E-state index contributed by atoms with van der Waals surface area (Å²) >= 11 is 0. The van der Waals surface area contributed by atoms with Gasteiger partial charge in [0.25, 0.3) is 0 Å². The number of nitrogens with zero attached hydrogens (tertiary/aromatic N) is 1. The summed E-state index contributed by atoms with van der Waals surface area (Å²) < 4.78 is 23.2. The minimum Gasteiger partial charge on any atom is -0.479 e. The lowest BCUT2D eigenvalue weighted by atomic mass is 10.3. The number of hydrogen-bond donors (Lipinski definition) is 0. The maximum Gasteiger partial charge on any atom is 0.311 e. The third kappa shape index (κ3) is 2.95. The van der Waals surface area contributed by atoms with Gasteiger partial charge in [-0.15, -0.1) is 0 Å². The van der Waals surface area contributed by atoms with E-state index in [1.54, 1.807) is 0 Å². The predicted octanol–water partition coefficient (Wildman–Crippen LogP) is 2.72. The van der Waals surface area contributed by atoms with Crippen molar-refractivity contribution < 1.29 is 23.3 Å². The second-order valence-electron chi connectivity index (χ2n) is 3.58. The highest BCUT2D eigenvalue weighted by Gasteiger charge is 2.16. The number of ether oxygens (including phenoxy) is 1. The van der Waals surface area contributed by atoms with Crippen LogP contribution in [0.3, 0.4) is 0 Å². The van der Waals surface area contributed by atoms with Gasteiger partial charge in [-0.3, -0.25) is 14.9 Å². The predicted molar refractivity (Wildman–Crippen MR) is 61.5 cm³/mol. The second-order valence-corrected chi connectivity index (χ2v) is 3.58. The number of carbonyl (C=O) groups is 1. The van der Waals surface area contributed by atoms with E-state index >= 15 is 0 Å². The summed E-state index contributed by atoms with van der Waals surface area (Å²) in [4.78, 5) is 20.5. The molecule has 0 spiro atoms. The number of aldehydes is 1. The van der Waals surface area contributed by atoms with E-state index in [4.69, 9.17) is 9.15 Å². The fourth-order valence-corrected chi connectivity index (χ4v) is 1.44. The highest BCUT2D eigenvalue weighted by atomic mass is 19.1. The van der Waals surface area contributed by atoms with E-state index in [0.717, 1.165) is 18.2 Å². The molecule has 1 aromatic heterocycles. The largest absolute Gasteiger partial charge is 0.479 e. The molecule has 1 aromatic carbocycles. The minimum atomic E-state index is -0.673. The smallest absolute Gasteiger partial charge is 0.311 e. The van der Waals surface area contributed by atoms with Crippen LogP contribution in [0.2, 0.25) is 0 Å². The molecule has 2 aromatic rings. The second kappa shape index (κ2) is 5.30. The average Bonchev–Trinajstić information content (AvgIpc) is 2.84. The van der Waals surface area contributed by atoms with E-state index in [9.17, 15) is 19.3 Å². The molecular formula is C12H8FNO5. The van der Waals surface area contributed by atoms with Crippen molar-refractivity contribution in [1.29, 1.82) is 0 Å². The molecule has 7 heteroatoms. The monoisotopic (exact) mass is 265 g/mol. The summed E-state index contributed by atoms with van der Waals surface area (Å²) in [6.45, 7) is -0.141. The first-order valence-electron chi connectivity index (χ1n) is 5.21. The SMILES string of the molecule is O=Cc1ccc(COc2cc(F)ccc2[N+](=O)[O-])o1. The van der Waals surface area contributed by atoms with Crippen LogP contribution < -0.4 is 4.74 Å². The Balaban J connectivity index is 2.16. The summed E-state index contributed by atoms with van der Waals surface area (Å²) in [5.41, 5.74) is -0.344. The molecular weight excluding hydrogens is 257 g/mol. The van der Waals surface area contributed by atoms with Crippen LogP contribution in [-0.4, -0.2) is 11.2 Å². The molecule has 0 aliphatic heterocycles. The van der Waals surface area contributed by atoms with Gasteiger partial charge in [-0.05, 0) is 18.2 Å². The minimum absolute atomic E-state index is 0.118. The van der Waals surface area contributed by atoms with Crippen molar-refractivity contribution in [3.8, 4) is 5.75 Å². The number of hydrogen-bond acceptors (Lipinski definition) is 5. The molecule has 2 rings (SSSR count). The average molecular weight is 265 g/mol. The maximum atomic E-state index is 13.0. The van der Waals surface area contributed by atoms with Crippen LogP contribution >= 0.6 is 0 Å². The van der Waals surface area contributed by atoms with Crippen LogP contribution in [0.4, 0.5) is 10.1 Å². The first-order valence-corrected chi connectivity index (χ1v) is 5.21. The lowest BCUT2D eigenvalue weighted by molar-refractivity contribution is -0.386. The quantitative estimate of drug-likeness (QED) is 0.471. The molecule has 0 N–H and O–H groups in total. The molecule has 1 heterocycles. The molecule has 98 valence electrons. The van der Waals surface area contributed by atoms with Gasteiger partial charge in [0.1, 0.15) is 18.2 Å². The summed E-state index contributed by atoms with van der Waals surface area (Å²) in [6, 6.07) is 5.84. The van der Waals surface area contributed by atoms with Gasteiger partial charge in [-0.2, -0.15) is 0 Å². The zero-order chi connectivity index (χ0) is 13.8. The maximum absolute atomic E-state index is 13.0. The molecule has 0 unspecified atom stereocenters. The van der Waals surface area contributed by atoms with Gasteiger partial charge in [0, 0.05) is 12.1 Å². The first kappa shape index (κ1) is 12.7. The molecule has 0 saturated heterocycles. The van der Waals surface area contributed by atoms with E-state index in [2.05, 4.69) is 0 Å². The standard InChI is InChI=1S/C12H8FNO5/c13-8-1-4-11(14(16)17)12(5-8)18-7-10-3-2-9(6-15)19-10/h1-6H,7H2. The number of rotatable bonds is 5. The van der Waals surface area contributed by atoms with Crippen LogP contribution in [0, 0.1) is 15.9 Å². The topological polar surface area (TPSA) is 82.6 Å². The lowest BCUT2D eigenvalue weighted by Gasteiger charge is -2.04. The Bertz CT molecular complexity index is 622. The van der Waals surface area contributed by atoms with Gasteiger partial charge >= 0.3 is 5.69 Å². The van der Waals surface area contributed by atoms with Gasteiger partial charge in [0.05, 0.1) is 4.92 Å². The first-order chi connectivity index (χ1) is 9.10. The van der Waals surface area contributed by atoms with Crippen LogP contribution in [-0.2, 0) is 6.61 Å². The van der Waals surface area contributed by atoms with Gasteiger partial charge in [-0.1, -0.05) is 0 Å². The van der Waals surface area contributed by atoms with Gasteiger partial charge in [0.2, 0.25) is 0 Å². The Kier molecular flexibility index (Phi) is 3.56. The van der Waals surface area contributed by atoms with E-state index in [0.29, 0.717) is 12.0 Å². The molecule has 0 radical (unpaired) electrons. The molecule has 0 atom stereocenters. The molecule has 0 aliphatic carbocycles. The Morgan fingerprint density at radius 1 is 1.37 bits per heavy atom. The van der Waals surface area contributed by atoms with Crippen molar-refractivity contribution in [3.05, 3.63) is 57.8 Å². The normalized spacial score (nSPS) is 10.2. The van der Waals surface area contributed by atoms with E-state index < -0.39 is 10.7 Å². The Hall–Kier alpha value is -2.70. The van der Waals surface area contributed by atoms with Gasteiger partial charge in [-0.25, -0.2) is 4.39 Å². The molecule has 0 fully saturated rings. The fourth-order valence-electron chi connectivity index (χ4n) is 1.44. The van der Waals surface area contributed by atoms with Crippen molar-refractivity contribution in [2.24, 2.45) is 0 Å². The van der Waals surface area contributed by atoms with Crippen LogP contribution in [0.1, 0.15) is 16.3 Å². The number of nitro benzene ring substituents is 1. The van der Waals surface area contributed by atoms with Crippen molar-refractivity contribution >= 4 is 12.0 Å². The zero-order valence-electron chi connectivity index (χ0n) is 9.54. The third-order valence-corrected chi connectivity index (χ3v) is 2.29. The van der Waals surface area contributed by atoms with Crippen molar-refractivity contribution in [2.75, 3.05) is 0 Å². The van der Waals surface area contributed by atoms with Crippen molar-refractivity contribution in [3.63, 3.8) is 0 Å². The van der Waals surface area contributed by atoms with Crippen molar-refractivity contribution in [2.45, 2.75) is 6.61 Å². The number of benzene rings is 1. The molecule has 0 aliphatic rings. The highest BCUT2D eigenvalue weighted by molar-refractivity contribution is 5.70. The molecule has 19 heavy (non-hydrogen) atoms. The van der Waals surface area contributed by atoms with Gasteiger partial charge in [0.15, 0.2) is 17.8 Å². The molecule has 0 bridgehead atoms. The molecule has 0 saturated carbocycles. The summed E-state index contributed by atoms with van der Waals surface area (Å²) in [5.74, 6) is -0.421.